The van der Waals surface area contributed by atoms with Crippen LogP contribution in [0.2, 0.25) is 0 Å². The van der Waals surface area contributed by atoms with E-state index in [0.29, 0.717) is 23.7 Å². The highest BCUT2D eigenvalue weighted by Crippen LogP contribution is 2.20. The van der Waals surface area contributed by atoms with Gasteiger partial charge in [0.25, 0.3) is 0 Å². The summed E-state index contributed by atoms with van der Waals surface area (Å²) in [5.41, 5.74) is 3.73. The normalized spacial score (nSPS) is 11.0. The molecule has 5 heteroatoms. The maximum atomic E-state index is 12.8. The maximum Gasteiger partial charge on any atom is 0.239 e. The number of nitrogens with one attached hydrogen (secondary N) is 1. The van der Waals surface area contributed by atoms with Crippen LogP contribution in [0.3, 0.4) is 0 Å². The first-order valence-electron chi connectivity index (χ1n) is 9.99. The van der Waals surface area contributed by atoms with E-state index in [-0.39, 0.29) is 17.9 Å². The molecule has 0 radical (unpaired) electrons. The molecule has 0 aliphatic carbocycles. The summed E-state index contributed by atoms with van der Waals surface area (Å²) >= 11 is 0. The largest absolute Gasteiger partial charge is 0.496 e. The minimum atomic E-state index is -0.0967. The summed E-state index contributed by atoms with van der Waals surface area (Å²) in [5.74, 6) is 0.729. The van der Waals surface area contributed by atoms with Crippen LogP contribution in [0.25, 0.3) is 21.8 Å². The van der Waals surface area contributed by atoms with Crippen LogP contribution >= 0.6 is 0 Å². The molecule has 30 heavy (non-hydrogen) atoms. The molecular formula is C25H24N2O3. The van der Waals surface area contributed by atoms with Gasteiger partial charge in [-0.3, -0.25) is 9.59 Å². The Labute approximate surface area is 174 Å². The molecule has 152 valence electrons. The highest BCUT2D eigenvalue weighted by molar-refractivity contribution is 5.94. The number of fused-ring (bicyclic) bond motifs is 2. The number of amides is 1. The molecule has 1 N–H and O–H groups in total. The minimum absolute atomic E-state index is 0.00981. The Kier molecular flexibility index (Phi) is 5.53. The molecule has 0 saturated heterocycles. The molecule has 1 amide bonds. The summed E-state index contributed by atoms with van der Waals surface area (Å²) in [4.78, 5) is 25.6. The highest BCUT2D eigenvalue weighted by Gasteiger charge is 2.13. The third kappa shape index (κ3) is 3.79. The number of hydrogen-bond acceptors (Lipinski definition) is 3. The zero-order chi connectivity index (χ0) is 21.1. The molecule has 0 saturated carbocycles. The van der Waals surface area contributed by atoms with E-state index in [9.17, 15) is 9.59 Å². The second-order valence-corrected chi connectivity index (χ2v) is 7.36. The van der Waals surface area contributed by atoms with E-state index in [0.717, 1.165) is 27.9 Å². The van der Waals surface area contributed by atoms with E-state index < -0.39 is 0 Å². The van der Waals surface area contributed by atoms with Crippen molar-refractivity contribution in [1.82, 2.24) is 9.88 Å². The molecule has 0 aliphatic rings. The zero-order valence-corrected chi connectivity index (χ0v) is 17.1. The second kappa shape index (κ2) is 8.41. The van der Waals surface area contributed by atoms with Gasteiger partial charge in [0.2, 0.25) is 5.91 Å². The number of rotatable bonds is 6. The van der Waals surface area contributed by atoms with Crippen LogP contribution in [0.1, 0.15) is 11.1 Å². The fraction of sp³-hybridized carbons (Fsp3) is 0.200. The summed E-state index contributed by atoms with van der Waals surface area (Å²) in [5, 5.41) is 4.24. The number of methoxy groups -OCH3 is 1. The van der Waals surface area contributed by atoms with Gasteiger partial charge >= 0.3 is 0 Å². The number of aryl methyl sites for hydroxylation is 1. The van der Waals surface area contributed by atoms with Crippen molar-refractivity contribution in [2.75, 3.05) is 13.7 Å². The molecular weight excluding hydrogens is 376 g/mol. The fourth-order valence-corrected chi connectivity index (χ4v) is 3.89. The Balaban J connectivity index is 1.57. The highest BCUT2D eigenvalue weighted by atomic mass is 16.5. The van der Waals surface area contributed by atoms with E-state index in [1.54, 1.807) is 7.11 Å². The van der Waals surface area contributed by atoms with Crippen molar-refractivity contribution in [1.29, 1.82) is 0 Å². The first-order valence-corrected chi connectivity index (χ1v) is 9.99. The number of carbonyl (C=O) groups excluding carboxylic acids is 1. The summed E-state index contributed by atoms with van der Waals surface area (Å²) < 4.78 is 7.33. The summed E-state index contributed by atoms with van der Waals surface area (Å²) in [6, 6.07) is 20.9. The Morgan fingerprint density at radius 2 is 1.60 bits per heavy atom. The number of carbonyl (C=O) groups is 1. The molecule has 0 atom stereocenters. The standard InChI is InChI=1S/C25H24N2O3/c1-17-11-12-23(30-2)18(15-17)13-14-26-24(28)16-27-21-9-5-3-7-19(21)25(29)20-8-4-6-10-22(20)27/h3-12,15H,13-14,16H2,1-2H3,(H,26,28). The molecule has 4 aromatic rings. The van der Waals surface area contributed by atoms with Crippen LogP contribution in [0.5, 0.6) is 5.75 Å². The van der Waals surface area contributed by atoms with Crippen LogP contribution in [0.4, 0.5) is 0 Å². The Bertz CT molecular complexity index is 1230. The van der Waals surface area contributed by atoms with Gasteiger partial charge in [-0.25, -0.2) is 0 Å². The topological polar surface area (TPSA) is 60.3 Å². The molecule has 5 nitrogen and oxygen atoms in total. The number of ether oxygens (including phenoxy) is 1. The molecule has 0 fully saturated rings. The van der Waals surface area contributed by atoms with Crippen LogP contribution in [0, 0.1) is 6.92 Å². The first kappa shape index (κ1) is 19.7. The molecule has 0 aliphatic heterocycles. The van der Waals surface area contributed by atoms with Crippen LogP contribution in [0.15, 0.2) is 71.5 Å². The van der Waals surface area contributed by atoms with Gasteiger partial charge in [0.1, 0.15) is 12.3 Å². The average Bonchev–Trinajstić information content (AvgIpc) is 2.77. The third-order valence-corrected chi connectivity index (χ3v) is 5.33. The third-order valence-electron chi connectivity index (χ3n) is 5.33. The van der Waals surface area contributed by atoms with Crippen LogP contribution in [-0.4, -0.2) is 24.1 Å². The lowest BCUT2D eigenvalue weighted by atomic mass is 10.1. The van der Waals surface area contributed by atoms with Gasteiger partial charge in [-0.05, 0) is 49.2 Å². The van der Waals surface area contributed by atoms with Gasteiger partial charge in [0.15, 0.2) is 5.43 Å². The smallest absolute Gasteiger partial charge is 0.239 e. The number of para-hydroxylation sites is 2. The van der Waals surface area contributed by atoms with Crippen molar-refractivity contribution in [3.05, 3.63) is 88.1 Å². The van der Waals surface area contributed by atoms with Gasteiger partial charge in [-0.1, -0.05) is 42.0 Å². The molecule has 1 aromatic heterocycles. The van der Waals surface area contributed by atoms with Gasteiger partial charge in [-0.2, -0.15) is 0 Å². The van der Waals surface area contributed by atoms with E-state index >= 15 is 0 Å². The van der Waals surface area contributed by atoms with Crippen molar-refractivity contribution < 1.29 is 9.53 Å². The number of nitrogens with zero attached hydrogens (tertiary/aromatic N) is 1. The van der Waals surface area contributed by atoms with E-state index in [2.05, 4.69) is 11.4 Å². The quantitative estimate of drug-likeness (QED) is 0.501. The van der Waals surface area contributed by atoms with Gasteiger partial charge in [0.05, 0.1) is 18.1 Å². The zero-order valence-electron chi connectivity index (χ0n) is 17.1. The van der Waals surface area contributed by atoms with Crippen LogP contribution < -0.4 is 15.5 Å². The maximum absolute atomic E-state index is 12.8. The van der Waals surface area contributed by atoms with E-state index in [1.807, 2.05) is 72.2 Å². The summed E-state index contributed by atoms with van der Waals surface area (Å²) in [6.07, 6.45) is 0.683. The van der Waals surface area contributed by atoms with Crippen molar-refractivity contribution in [2.24, 2.45) is 0 Å². The summed E-state index contributed by atoms with van der Waals surface area (Å²) in [7, 11) is 1.65. The van der Waals surface area contributed by atoms with Crippen molar-refractivity contribution in [2.45, 2.75) is 19.9 Å². The molecule has 4 rings (SSSR count). The van der Waals surface area contributed by atoms with E-state index in [4.69, 9.17) is 4.74 Å². The van der Waals surface area contributed by atoms with Gasteiger partial charge in [-0.15, -0.1) is 0 Å². The Morgan fingerprint density at radius 1 is 0.967 bits per heavy atom. The fourth-order valence-electron chi connectivity index (χ4n) is 3.89. The van der Waals surface area contributed by atoms with E-state index in [1.165, 1.54) is 0 Å². The lowest BCUT2D eigenvalue weighted by Crippen LogP contribution is -2.30. The molecule has 1 heterocycles. The predicted molar refractivity (Wildman–Crippen MR) is 120 cm³/mol. The van der Waals surface area contributed by atoms with Gasteiger partial charge in [0, 0.05) is 17.3 Å². The van der Waals surface area contributed by atoms with Crippen molar-refractivity contribution in [3.63, 3.8) is 0 Å². The SMILES string of the molecule is COc1ccc(C)cc1CCNC(=O)Cn1c2ccccc2c(=O)c2ccccc21. The first-order chi connectivity index (χ1) is 14.6. The molecule has 0 bridgehead atoms. The predicted octanol–water partition coefficient (Wildman–Crippen LogP) is 3.83. The summed E-state index contributed by atoms with van der Waals surface area (Å²) in [6.45, 7) is 2.69. The lowest BCUT2D eigenvalue weighted by molar-refractivity contribution is -0.121. The lowest BCUT2D eigenvalue weighted by Gasteiger charge is -2.15. The van der Waals surface area contributed by atoms with Crippen LogP contribution in [-0.2, 0) is 17.8 Å². The molecule has 0 unspecified atom stereocenters. The Morgan fingerprint density at radius 3 is 2.23 bits per heavy atom. The number of benzene rings is 3. The number of pyridine rings is 1. The number of hydrogen-bond donors (Lipinski definition) is 1. The second-order valence-electron chi connectivity index (χ2n) is 7.36. The average molecular weight is 400 g/mol. The minimum Gasteiger partial charge on any atom is -0.496 e. The molecule has 3 aromatic carbocycles. The number of aromatic nitrogens is 1. The monoisotopic (exact) mass is 400 g/mol. The Hall–Kier alpha value is -3.60. The van der Waals surface area contributed by atoms with Crippen molar-refractivity contribution in [3.8, 4) is 5.75 Å². The molecule has 0 spiro atoms. The van der Waals surface area contributed by atoms with Gasteiger partial charge < -0.3 is 14.6 Å². The van der Waals surface area contributed by atoms with Crippen molar-refractivity contribution >= 4 is 27.7 Å².